The van der Waals surface area contributed by atoms with Crippen molar-refractivity contribution in [3.63, 3.8) is 0 Å². The van der Waals surface area contributed by atoms with E-state index < -0.39 is 17.7 Å². The van der Waals surface area contributed by atoms with Crippen LogP contribution >= 0.6 is 0 Å². The lowest BCUT2D eigenvalue weighted by Gasteiger charge is -2.08. The smallest absolute Gasteiger partial charge is 0.265 e. The summed E-state index contributed by atoms with van der Waals surface area (Å²) in [6, 6.07) is 4.16. The van der Waals surface area contributed by atoms with E-state index in [4.69, 9.17) is 0 Å². The summed E-state index contributed by atoms with van der Waals surface area (Å²) >= 11 is 0. The van der Waals surface area contributed by atoms with Gasteiger partial charge in [-0.15, -0.1) is 0 Å². The highest BCUT2D eigenvalue weighted by Gasteiger charge is 2.33. The maximum atomic E-state index is 13.4. The van der Waals surface area contributed by atoms with Crippen LogP contribution < -0.4 is 0 Å². The molecule has 0 saturated carbocycles. The summed E-state index contributed by atoms with van der Waals surface area (Å²) in [5.41, 5.74) is -1.20. The fraction of sp³-hybridized carbons (Fsp3) is 0.0909. The fourth-order valence-electron chi connectivity index (χ4n) is 1.31. The Morgan fingerprint density at radius 1 is 0.941 bits per heavy atom. The Balaban J connectivity index is 2.55. The second kappa shape index (κ2) is 4.12. The molecular weight excluding hydrogens is 236 g/mol. The van der Waals surface area contributed by atoms with Crippen LogP contribution in [-0.2, 0) is 6.18 Å². The van der Waals surface area contributed by atoms with Crippen molar-refractivity contribution in [3.8, 4) is 11.3 Å². The summed E-state index contributed by atoms with van der Waals surface area (Å²) in [4.78, 5) is 6.99. The van der Waals surface area contributed by atoms with Gasteiger partial charge in [0.15, 0.2) is 0 Å². The normalized spacial score (nSPS) is 11.5. The molecule has 0 fully saturated rings. The van der Waals surface area contributed by atoms with E-state index in [0.29, 0.717) is 6.07 Å². The SMILES string of the molecule is Fc1ccc(C(F)(F)F)nc1-c1ccncc1. The Morgan fingerprint density at radius 3 is 2.18 bits per heavy atom. The van der Waals surface area contributed by atoms with Crippen molar-refractivity contribution in [2.75, 3.05) is 0 Å². The summed E-state index contributed by atoms with van der Waals surface area (Å²) in [6.07, 6.45) is -1.87. The van der Waals surface area contributed by atoms with Gasteiger partial charge in [-0.3, -0.25) is 4.98 Å². The molecule has 2 aromatic rings. The molecule has 0 aliphatic heterocycles. The van der Waals surface area contributed by atoms with Crippen LogP contribution in [0.25, 0.3) is 11.3 Å². The minimum atomic E-state index is -4.59. The molecule has 0 unspecified atom stereocenters. The van der Waals surface area contributed by atoms with Crippen molar-refractivity contribution in [2.45, 2.75) is 6.18 Å². The lowest BCUT2D eigenvalue weighted by Crippen LogP contribution is -2.09. The Kier molecular flexibility index (Phi) is 2.79. The van der Waals surface area contributed by atoms with Crippen molar-refractivity contribution in [3.05, 3.63) is 48.2 Å². The molecule has 2 rings (SSSR count). The quantitative estimate of drug-likeness (QED) is 0.717. The minimum Gasteiger partial charge on any atom is -0.265 e. The molecule has 6 heteroatoms. The molecule has 2 nitrogen and oxygen atoms in total. The van der Waals surface area contributed by atoms with E-state index in [0.717, 1.165) is 6.07 Å². The molecule has 17 heavy (non-hydrogen) atoms. The maximum absolute atomic E-state index is 13.4. The van der Waals surface area contributed by atoms with Gasteiger partial charge in [-0.25, -0.2) is 9.37 Å². The third kappa shape index (κ3) is 2.41. The molecular formula is C11H6F4N2. The molecule has 0 spiro atoms. The fourth-order valence-corrected chi connectivity index (χ4v) is 1.31. The monoisotopic (exact) mass is 242 g/mol. The van der Waals surface area contributed by atoms with Crippen molar-refractivity contribution in [1.82, 2.24) is 9.97 Å². The lowest BCUT2D eigenvalue weighted by molar-refractivity contribution is -0.141. The molecule has 0 radical (unpaired) electrons. The summed E-state index contributed by atoms with van der Waals surface area (Å²) in [6.45, 7) is 0. The van der Waals surface area contributed by atoms with Crippen LogP contribution in [-0.4, -0.2) is 9.97 Å². The average molecular weight is 242 g/mol. The topological polar surface area (TPSA) is 25.8 Å². The first-order chi connectivity index (χ1) is 7.98. The van der Waals surface area contributed by atoms with Crippen LogP contribution in [0.3, 0.4) is 0 Å². The third-order valence-corrected chi connectivity index (χ3v) is 2.09. The third-order valence-electron chi connectivity index (χ3n) is 2.09. The molecule has 0 bridgehead atoms. The van der Waals surface area contributed by atoms with Crippen molar-refractivity contribution in [2.24, 2.45) is 0 Å². The Morgan fingerprint density at radius 2 is 1.59 bits per heavy atom. The van der Waals surface area contributed by atoms with Gasteiger partial charge >= 0.3 is 6.18 Å². The van der Waals surface area contributed by atoms with Gasteiger partial charge in [-0.05, 0) is 24.3 Å². The first kappa shape index (κ1) is 11.5. The summed E-state index contributed by atoms with van der Waals surface area (Å²) in [5.74, 6) is -0.802. The number of pyridine rings is 2. The number of alkyl halides is 3. The molecule has 0 N–H and O–H groups in total. The zero-order valence-electron chi connectivity index (χ0n) is 8.37. The largest absolute Gasteiger partial charge is 0.433 e. The summed E-state index contributed by atoms with van der Waals surface area (Å²) in [5, 5.41) is 0. The van der Waals surface area contributed by atoms with E-state index in [-0.39, 0.29) is 11.3 Å². The Labute approximate surface area is 94.0 Å². The first-order valence-corrected chi connectivity index (χ1v) is 4.62. The van der Waals surface area contributed by atoms with Crippen LogP contribution in [0.4, 0.5) is 17.6 Å². The van der Waals surface area contributed by atoms with Gasteiger partial charge < -0.3 is 0 Å². The van der Waals surface area contributed by atoms with Gasteiger partial charge in [0, 0.05) is 18.0 Å². The highest BCUT2D eigenvalue weighted by Crippen LogP contribution is 2.30. The highest BCUT2D eigenvalue weighted by molar-refractivity contribution is 5.59. The summed E-state index contributed by atoms with van der Waals surface area (Å²) < 4.78 is 50.6. The number of rotatable bonds is 1. The molecule has 88 valence electrons. The van der Waals surface area contributed by atoms with Crippen LogP contribution in [0.1, 0.15) is 5.69 Å². The molecule has 2 aromatic heterocycles. The Hall–Kier alpha value is -1.98. The number of aromatic nitrogens is 2. The number of halogens is 4. The van der Waals surface area contributed by atoms with Crippen LogP contribution in [0, 0.1) is 5.82 Å². The van der Waals surface area contributed by atoms with Crippen LogP contribution in [0.2, 0.25) is 0 Å². The molecule has 0 aliphatic rings. The zero-order chi connectivity index (χ0) is 12.5. The van der Waals surface area contributed by atoms with E-state index in [2.05, 4.69) is 9.97 Å². The van der Waals surface area contributed by atoms with E-state index in [1.165, 1.54) is 24.5 Å². The molecule has 0 saturated heterocycles. The predicted octanol–water partition coefficient (Wildman–Crippen LogP) is 3.30. The second-order valence-electron chi connectivity index (χ2n) is 3.26. The van der Waals surface area contributed by atoms with Gasteiger partial charge in [0.2, 0.25) is 0 Å². The van der Waals surface area contributed by atoms with E-state index >= 15 is 0 Å². The lowest BCUT2D eigenvalue weighted by atomic mass is 10.1. The number of nitrogens with zero attached hydrogens (tertiary/aromatic N) is 2. The predicted molar refractivity (Wildman–Crippen MR) is 52.4 cm³/mol. The number of hydrogen-bond acceptors (Lipinski definition) is 2. The zero-order valence-corrected chi connectivity index (χ0v) is 8.37. The average Bonchev–Trinajstić information content (AvgIpc) is 2.29. The van der Waals surface area contributed by atoms with Gasteiger partial charge in [0.05, 0.1) is 0 Å². The van der Waals surface area contributed by atoms with E-state index in [9.17, 15) is 17.6 Å². The van der Waals surface area contributed by atoms with Crippen LogP contribution in [0.15, 0.2) is 36.7 Å². The Bertz CT molecular complexity index is 523. The molecule has 0 aromatic carbocycles. The van der Waals surface area contributed by atoms with Gasteiger partial charge in [0.25, 0.3) is 0 Å². The maximum Gasteiger partial charge on any atom is 0.433 e. The van der Waals surface area contributed by atoms with E-state index in [1.807, 2.05) is 0 Å². The summed E-state index contributed by atoms with van der Waals surface area (Å²) in [7, 11) is 0. The van der Waals surface area contributed by atoms with Crippen molar-refractivity contribution >= 4 is 0 Å². The molecule has 0 atom stereocenters. The van der Waals surface area contributed by atoms with Gasteiger partial charge in [-0.2, -0.15) is 13.2 Å². The van der Waals surface area contributed by atoms with Crippen molar-refractivity contribution in [1.29, 1.82) is 0 Å². The van der Waals surface area contributed by atoms with Gasteiger partial charge in [-0.1, -0.05) is 0 Å². The van der Waals surface area contributed by atoms with Crippen LogP contribution in [0.5, 0.6) is 0 Å². The van der Waals surface area contributed by atoms with Crippen molar-refractivity contribution < 1.29 is 17.6 Å². The standard InChI is InChI=1S/C11H6F4N2/c12-8-1-2-9(11(13,14)15)17-10(8)7-3-5-16-6-4-7/h1-6H. The number of hydrogen-bond donors (Lipinski definition) is 0. The highest BCUT2D eigenvalue weighted by atomic mass is 19.4. The molecule has 2 heterocycles. The van der Waals surface area contributed by atoms with Gasteiger partial charge in [0.1, 0.15) is 17.2 Å². The molecule has 0 aliphatic carbocycles. The second-order valence-corrected chi connectivity index (χ2v) is 3.26. The first-order valence-electron chi connectivity index (χ1n) is 4.62. The minimum absolute atomic E-state index is 0.253. The molecule has 0 amide bonds. The van der Waals surface area contributed by atoms with E-state index in [1.54, 1.807) is 0 Å².